The van der Waals surface area contributed by atoms with Crippen LogP contribution in [0.2, 0.25) is 0 Å². The molecule has 0 unspecified atom stereocenters. The molecule has 0 bridgehead atoms. The molecule has 0 saturated heterocycles. The summed E-state index contributed by atoms with van der Waals surface area (Å²) in [5.41, 5.74) is 2.83. The average Bonchev–Trinajstić information content (AvgIpc) is 3.17. The van der Waals surface area contributed by atoms with E-state index >= 15 is 0 Å². The molecule has 3 N–H and O–H groups in total. The molecule has 176 valence electrons. The van der Waals surface area contributed by atoms with Gasteiger partial charge in [-0.25, -0.2) is 4.39 Å². The van der Waals surface area contributed by atoms with Crippen LogP contribution in [0.25, 0.3) is 0 Å². The van der Waals surface area contributed by atoms with Crippen LogP contribution in [0.15, 0.2) is 36.4 Å². The average molecular weight is 455 g/mol. The highest BCUT2D eigenvalue weighted by molar-refractivity contribution is 5.67. The van der Waals surface area contributed by atoms with Crippen LogP contribution >= 0.6 is 0 Å². The Morgan fingerprint density at radius 1 is 1.30 bits per heavy atom. The number of carboxylic acid groups (broad SMARTS) is 1. The van der Waals surface area contributed by atoms with Crippen molar-refractivity contribution in [2.45, 2.75) is 57.6 Å². The van der Waals surface area contributed by atoms with Gasteiger partial charge in [-0.05, 0) is 74.3 Å². The van der Waals surface area contributed by atoms with Crippen molar-refractivity contribution in [2.24, 2.45) is 5.92 Å². The Kier molecular flexibility index (Phi) is 8.06. The number of nitriles is 1. The number of nitrogens with one attached hydrogen (secondary N) is 1. The van der Waals surface area contributed by atoms with Crippen molar-refractivity contribution in [3.63, 3.8) is 0 Å². The van der Waals surface area contributed by atoms with Gasteiger partial charge in [-0.15, -0.1) is 0 Å². The van der Waals surface area contributed by atoms with E-state index in [9.17, 15) is 19.6 Å². The number of rotatable bonds is 11. The summed E-state index contributed by atoms with van der Waals surface area (Å²) in [6, 6.07) is 12.8. The fraction of sp³-hybridized carbons (Fsp3) is 0.462. The highest BCUT2D eigenvalue weighted by Crippen LogP contribution is 2.32. The number of fused-ring (bicyclic) bond motifs is 1. The molecule has 6 nitrogen and oxygen atoms in total. The first-order chi connectivity index (χ1) is 15.7. The number of aliphatic hydroxyl groups is 1. The highest BCUT2D eigenvalue weighted by Gasteiger charge is 2.28. The van der Waals surface area contributed by atoms with Crippen LogP contribution in [0.1, 0.15) is 48.9 Å². The maximum Gasteiger partial charge on any atom is 0.303 e. The molecule has 1 aliphatic carbocycles. The number of aliphatic carboxylic acids is 1. The molecule has 1 aliphatic rings. The van der Waals surface area contributed by atoms with Crippen molar-refractivity contribution in [1.29, 1.82) is 5.26 Å². The van der Waals surface area contributed by atoms with Gasteiger partial charge in [-0.3, -0.25) is 4.79 Å². The van der Waals surface area contributed by atoms with E-state index in [1.54, 1.807) is 0 Å². The van der Waals surface area contributed by atoms with Crippen LogP contribution in [0.3, 0.4) is 0 Å². The zero-order valence-electron chi connectivity index (χ0n) is 19.1. The van der Waals surface area contributed by atoms with Crippen molar-refractivity contribution >= 4 is 5.97 Å². The lowest BCUT2D eigenvalue weighted by Crippen LogP contribution is -2.46. The number of aliphatic hydroxyl groups excluding tert-OH is 1. The SMILES string of the molecule is CC(C)(CC1Cc2ccccc2C1)NC[C@H](O)COc1cc(CCC(=O)O)c(F)cc1C#N. The number of benzene rings is 2. The summed E-state index contributed by atoms with van der Waals surface area (Å²) in [7, 11) is 0. The maximum absolute atomic E-state index is 14.1. The van der Waals surface area contributed by atoms with E-state index in [1.807, 2.05) is 6.07 Å². The third kappa shape index (κ3) is 7.01. The first-order valence-electron chi connectivity index (χ1n) is 11.2. The molecule has 33 heavy (non-hydrogen) atoms. The topological polar surface area (TPSA) is 103 Å². The summed E-state index contributed by atoms with van der Waals surface area (Å²) < 4.78 is 19.7. The molecule has 7 heteroatoms. The monoisotopic (exact) mass is 454 g/mol. The first kappa shape index (κ1) is 24.7. The minimum absolute atomic E-state index is 0.00728. The summed E-state index contributed by atoms with van der Waals surface area (Å²) in [5, 5.41) is 31.9. The fourth-order valence-electron chi connectivity index (χ4n) is 4.46. The van der Waals surface area contributed by atoms with Crippen LogP contribution in [0, 0.1) is 23.1 Å². The number of carbonyl (C=O) groups is 1. The van der Waals surface area contributed by atoms with Gasteiger partial charge in [0.15, 0.2) is 0 Å². The maximum atomic E-state index is 14.1. The number of carboxylic acids is 1. The number of hydrogen-bond donors (Lipinski definition) is 3. The molecule has 2 aromatic carbocycles. The lowest BCUT2D eigenvalue weighted by molar-refractivity contribution is -0.136. The lowest BCUT2D eigenvalue weighted by Gasteiger charge is -2.30. The predicted octanol–water partition coefficient (Wildman–Crippen LogP) is 3.63. The largest absolute Gasteiger partial charge is 0.489 e. The zero-order chi connectivity index (χ0) is 24.0. The highest BCUT2D eigenvalue weighted by atomic mass is 19.1. The van der Waals surface area contributed by atoms with Gasteiger partial charge in [-0.1, -0.05) is 24.3 Å². The fourth-order valence-corrected chi connectivity index (χ4v) is 4.46. The molecule has 0 saturated carbocycles. The van der Waals surface area contributed by atoms with E-state index in [0.29, 0.717) is 12.5 Å². The van der Waals surface area contributed by atoms with Crippen molar-refractivity contribution in [3.8, 4) is 11.8 Å². The minimum Gasteiger partial charge on any atom is -0.489 e. The molecular weight excluding hydrogens is 423 g/mol. The summed E-state index contributed by atoms with van der Waals surface area (Å²) in [6.07, 6.45) is 2.04. The van der Waals surface area contributed by atoms with E-state index in [0.717, 1.165) is 25.3 Å². The molecule has 0 aromatic heterocycles. The Morgan fingerprint density at radius 2 is 1.97 bits per heavy atom. The number of hydrogen-bond acceptors (Lipinski definition) is 5. The van der Waals surface area contributed by atoms with Crippen LogP contribution in [-0.2, 0) is 24.1 Å². The Hall–Kier alpha value is -2.95. The van der Waals surface area contributed by atoms with Gasteiger partial charge >= 0.3 is 5.97 Å². The predicted molar refractivity (Wildman–Crippen MR) is 123 cm³/mol. The summed E-state index contributed by atoms with van der Waals surface area (Å²) in [6.45, 7) is 4.47. The second kappa shape index (κ2) is 10.8. The number of nitrogens with zero attached hydrogens (tertiary/aromatic N) is 1. The molecular formula is C26H31FN2O4. The van der Waals surface area contributed by atoms with Crippen molar-refractivity contribution < 1.29 is 24.1 Å². The number of β-amino-alcohol motifs (C(OH)–C–C–N with tert-alkyl or cyclic N) is 1. The third-order valence-corrected chi connectivity index (χ3v) is 6.06. The third-order valence-electron chi connectivity index (χ3n) is 6.06. The van der Waals surface area contributed by atoms with Crippen LogP contribution in [-0.4, -0.2) is 41.0 Å². The second-order valence-electron chi connectivity index (χ2n) is 9.42. The normalized spacial score (nSPS) is 14.5. The van der Waals surface area contributed by atoms with Crippen molar-refractivity contribution in [2.75, 3.05) is 13.2 Å². The van der Waals surface area contributed by atoms with E-state index in [4.69, 9.17) is 9.84 Å². The van der Waals surface area contributed by atoms with Gasteiger partial charge in [0.2, 0.25) is 0 Å². The summed E-state index contributed by atoms with van der Waals surface area (Å²) >= 11 is 0. The Bertz CT molecular complexity index is 1010. The smallest absolute Gasteiger partial charge is 0.303 e. The molecule has 3 rings (SSSR count). The molecule has 0 radical (unpaired) electrons. The van der Waals surface area contributed by atoms with Gasteiger partial charge in [-0.2, -0.15) is 5.26 Å². The van der Waals surface area contributed by atoms with Gasteiger partial charge in [0, 0.05) is 18.5 Å². The van der Waals surface area contributed by atoms with E-state index in [2.05, 4.69) is 43.4 Å². The van der Waals surface area contributed by atoms with E-state index < -0.39 is 17.9 Å². The Balaban J connectivity index is 1.50. The minimum atomic E-state index is -1.04. The van der Waals surface area contributed by atoms with Gasteiger partial charge in [0.1, 0.15) is 30.3 Å². The van der Waals surface area contributed by atoms with E-state index in [1.165, 1.54) is 17.2 Å². The molecule has 0 heterocycles. The molecule has 1 atom stereocenters. The molecule has 0 spiro atoms. The van der Waals surface area contributed by atoms with Crippen molar-refractivity contribution in [1.82, 2.24) is 5.32 Å². The Labute approximate surface area is 194 Å². The van der Waals surface area contributed by atoms with E-state index in [-0.39, 0.29) is 41.9 Å². The lowest BCUT2D eigenvalue weighted by atomic mass is 9.88. The number of ether oxygens (including phenoxy) is 1. The first-order valence-corrected chi connectivity index (χ1v) is 11.2. The summed E-state index contributed by atoms with van der Waals surface area (Å²) in [4.78, 5) is 10.8. The van der Waals surface area contributed by atoms with Crippen LogP contribution < -0.4 is 10.1 Å². The summed E-state index contributed by atoms with van der Waals surface area (Å²) in [5.74, 6) is -0.980. The molecule has 0 aliphatic heterocycles. The van der Waals surface area contributed by atoms with Crippen molar-refractivity contribution in [3.05, 3.63) is 64.5 Å². The number of aryl methyl sites for hydroxylation is 1. The van der Waals surface area contributed by atoms with Crippen LogP contribution in [0.5, 0.6) is 5.75 Å². The molecule has 2 aromatic rings. The quantitative estimate of drug-likeness (QED) is 0.479. The van der Waals surface area contributed by atoms with Gasteiger partial charge in [0.05, 0.1) is 5.56 Å². The zero-order valence-corrected chi connectivity index (χ0v) is 19.1. The standard InChI is InChI=1S/C26H31FN2O4/c1-26(2,13-17-9-18-5-3-4-6-19(18)10-17)29-15-22(30)16-33-24-12-20(7-8-25(31)32)23(27)11-21(24)14-28/h3-6,11-12,17,22,29-30H,7-10,13,15-16H2,1-2H3,(H,31,32)/t22-/m0/s1. The van der Waals surface area contributed by atoms with Gasteiger partial charge < -0.3 is 20.3 Å². The van der Waals surface area contributed by atoms with Crippen LogP contribution in [0.4, 0.5) is 4.39 Å². The molecule has 0 fully saturated rings. The molecule has 0 amide bonds. The second-order valence-corrected chi connectivity index (χ2v) is 9.42. The number of halogens is 1. The Morgan fingerprint density at radius 3 is 2.58 bits per heavy atom. The van der Waals surface area contributed by atoms with Gasteiger partial charge in [0.25, 0.3) is 0 Å².